The van der Waals surface area contributed by atoms with Crippen molar-refractivity contribution in [2.24, 2.45) is 0 Å². The van der Waals surface area contributed by atoms with Crippen molar-refractivity contribution >= 4 is 5.69 Å². The van der Waals surface area contributed by atoms with Crippen molar-refractivity contribution in [3.63, 3.8) is 0 Å². The lowest BCUT2D eigenvalue weighted by Gasteiger charge is -2.11. The van der Waals surface area contributed by atoms with E-state index in [1.54, 1.807) is 12.1 Å². The van der Waals surface area contributed by atoms with Gasteiger partial charge in [-0.15, -0.1) is 0 Å². The van der Waals surface area contributed by atoms with Gasteiger partial charge in [-0.25, -0.2) is 0 Å². The molecule has 0 spiro atoms. The van der Waals surface area contributed by atoms with Gasteiger partial charge in [0.05, 0.1) is 23.6 Å². The molecule has 19 heavy (non-hydrogen) atoms. The molecule has 0 amide bonds. The molecule has 0 aromatic heterocycles. The second kappa shape index (κ2) is 6.16. The number of nitro groups is 1. The van der Waals surface area contributed by atoms with E-state index in [4.69, 9.17) is 10.00 Å². The zero-order valence-electron chi connectivity index (χ0n) is 10.4. The maximum atomic E-state index is 10.5. The molecule has 1 fully saturated rings. The molecule has 1 unspecified atom stereocenters. The summed E-state index contributed by atoms with van der Waals surface area (Å²) in [5, 5.41) is 22.7. The Morgan fingerprint density at radius 3 is 2.68 bits per heavy atom. The molecule has 1 N–H and O–H groups in total. The Balaban J connectivity index is 1.75. The zero-order valence-corrected chi connectivity index (χ0v) is 10.4. The molecule has 1 aliphatic carbocycles. The number of nitrogens with zero attached hydrogens (tertiary/aromatic N) is 2. The monoisotopic (exact) mass is 261 g/mol. The molecule has 6 nitrogen and oxygen atoms in total. The molecule has 1 aromatic carbocycles. The summed E-state index contributed by atoms with van der Waals surface area (Å²) in [6.07, 6.45) is 2.88. The summed E-state index contributed by atoms with van der Waals surface area (Å²) in [5.74, 6) is 0.578. The van der Waals surface area contributed by atoms with Crippen LogP contribution < -0.4 is 10.1 Å². The van der Waals surface area contributed by atoms with Gasteiger partial charge in [-0.2, -0.15) is 5.26 Å². The fourth-order valence-corrected chi connectivity index (χ4v) is 1.68. The first-order valence-corrected chi connectivity index (χ1v) is 6.22. The summed E-state index contributed by atoms with van der Waals surface area (Å²) in [6.45, 7) is 0.412. The summed E-state index contributed by atoms with van der Waals surface area (Å²) in [4.78, 5) is 10.0. The number of nitro benzene ring substituents is 1. The van der Waals surface area contributed by atoms with Gasteiger partial charge in [0.15, 0.2) is 0 Å². The summed E-state index contributed by atoms with van der Waals surface area (Å²) in [5.41, 5.74) is 0.0395. The maximum Gasteiger partial charge on any atom is 0.269 e. The zero-order chi connectivity index (χ0) is 13.7. The van der Waals surface area contributed by atoms with Crippen LogP contribution in [0.4, 0.5) is 5.69 Å². The molecule has 0 heterocycles. The van der Waals surface area contributed by atoms with E-state index in [-0.39, 0.29) is 11.7 Å². The second-order valence-corrected chi connectivity index (χ2v) is 4.51. The molecular formula is C13H15N3O3. The van der Waals surface area contributed by atoms with E-state index in [1.807, 2.05) is 0 Å². The molecule has 1 aromatic rings. The van der Waals surface area contributed by atoms with Crippen LogP contribution in [0.2, 0.25) is 0 Å². The smallest absolute Gasteiger partial charge is 0.269 e. The van der Waals surface area contributed by atoms with E-state index in [0.717, 1.165) is 12.8 Å². The van der Waals surface area contributed by atoms with Gasteiger partial charge in [-0.3, -0.25) is 15.4 Å². The molecular weight excluding hydrogens is 246 g/mol. The first-order valence-electron chi connectivity index (χ1n) is 6.22. The number of hydrogen-bond donors (Lipinski definition) is 1. The molecule has 6 heteroatoms. The van der Waals surface area contributed by atoms with Crippen molar-refractivity contribution in [1.82, 2.24) is 5.32 Å². The Hall–Kier alpha value is -2.13. The molecule has 0 radical (unpaired) electrons. The van der Waals surface area contributed by atoms with Crippen LogP contribution >= 0.6 is 0 Å². The summed E-state index contributed by atoms with van der Waals surface area (Å²) in [6, 6.07) is 8.44. The van der Waals surface area contributed by atoms with Gasteiger partial charge in [0.1, 0.15) is 5.75 Å². The number of rotatable bonds is 7. The number of nitriles is 1. The Morgan fingerprint density at radius 2 is 2.16 bits per heavy atom. The van der Waals surface area contributed by atoms with Crippen molar-refractivity contribution < 1.29 is 9.66 Å². The number of ether oxygens (including phenoxy) is 1. The fraction of sp³-hybridized carbons (Fsp3) is 0.462. The molecule has 2 rings (SSSR count). The molecule has 1 saturated carbocycles. The van der Waals surface area contributed by atoms with Crippen LogP contribution in [-0.4, -0.2) is 23.6 Å². The lowest BCUT2D eigenvalue weighted by molar-refractivity contribution is -0.384. The minimum atomic E-state index is -0.449. The standard InChI is InChI=1S/C13H15N3O3/c14-9-11(15-10-1-2-10)7-8-19-13-5-3-12(4-6-13)16(17)18/h3-6,10-11,15H,1-2,7-8H2. The van der Waals surface area contributed by atoms with Crippen LogP contribution in [0.25, 0.3) is 0 Å². The fourth-order valence-electron chi connectivity index (χ4n) is 1.68. The molecule has 0 saturated heterocycles. The van der Waals surface area contributed by atoms with Crippen molar-refractivity contribution in [3.05, 3.63) is 34.4 Å². The molecule has 0 bridgehead atoms. The van der Waals surface area contributed by atoms with Gasteiger partial charge in [-0.1, -0.05) is 0 Å². The number of benzene rings is 1. The lowest BCUT2D eigenvalue weighted by Crippen LogP contribution is -2.31. The Labute approximate surface area is 111 Å². The van der Waals surface area contributed by atoms with E-state index >= 15 is 0 Å². The predicted octanol–water partition coefficient (Wildman–Crippen LogP) is 2.01. The van der Waals surface area contributed by atoms with E-state index in [0.29, 0.717) is 24.8 Å². The van der Waals surface area contributed by atoms with E-state index in [2.05, 4.69) is 11.4 Å². The Bertz CT molecular complexity index is 477. The van der Waals surface area contributed by atoms with Crippen LogP contribution in [-0.2, 0) is 0 Å². The summed E-state index contributed by atoms with van der Waals surface area (Å²) >= 11 is 0. The number of non-ortho nitro benzene ring substituents is 1. The van der Waals surface area contributed by atoms with Crippen LogP contribution in [0.15, 0.2) is 24.3 Å². The third-order valence-electron chi connectivity index (χ3n) is 2.89. The van der Waals surface area contributed by atoms with Crippen molar-refractivity contribution in [2.75, 3.05) is 6.61 Å². The predicted molar refractivity (Wildman–Crippen MR) is 68.8 cm³/mol. The highest BCUT2D eigenvalue weighted by atomic mass is 16.6. The van der Waals surface area contributed by atoms with E-state index < -0.39 is 4.92 Å². The maximum absolute atomic E-state index is 10.5. The normalized spacial score (nSPS) is 15.5. The molecule has 1 aliphatic rings. The lowest BCUT2D eigenvalue weighted by atomic mass is 10.2. The molecule has 1 atom stereocenters. The van der Waals surface area contributed by atoms with Gasteiger partial charge in [0.2, 0.25) is 0 Å². The minimum absolute atomic E-state index is 0.0395. The van der Waals surface area contributed by atoms with Crippen LogP contribution in [0.1, 0.15) is 19.3 Å². The van der Waals surface area contributed by atoms with Crippen molar-refractivity contribution in [2.45, 2.75) is 31.3 Å². The third kappa shape index (κ3) is 4.23. The highest BCUT2D eigenvalue weighted by Gasteiger charge is 2.24. The third-order valence-corrected chi connectivity index (χ3v) is 2.89. The largest absolute Gasteiger partial charge is 0.493 e. The van der Waals surface area contributed by atoms with E-state index in [1.165, 1.54) is 12.1 Å². The summed E-state index contributed by atoms with van der Waals surface area (Å²) in [7, 11) is 0. The number of nitrogens with one attached hydrogen (secondary N) is 1. The topological polar surface area (TPSA) is 88.2 Å². The first-order chi connectivity index (χ1) is 9.19. The average Bonchev–Trinajstić information content (AvgIpc) is 3.22. The van der Waals surface area contributed by atoms with Crippen LogP contribution in [0.5, 0.6) is 5.75 Å². The van der Waals surface area contributed by atoms with E-state index in [9.17, 15) is 10.1 Å². The number of hydrogen-bond acceptors (Lipinski definition) is 5. The van der Waals surface area contributed by atoms with Crippen molar-refractivity contribution in [1.29, 1.82) is 5.26 Å². The van der Waals surface area contributed by atoms with Gasteiger partial charge in [-0.05, 0) is 25.0 Å². The minimum Gasteiger partial charge on any atom is -0.493 e. The Kier molecular flexibility index (Phi) is 4.31. The van der Waals surface area contributed by atoms with Crippen LogP contribution in [0, 0.1) is 21.4 Å². The van der Waals surface area contributed by atoms with Crippen molar-refractivity contribution in [3.8, 4) is 11.8 Å². The second-order valence-electron chi connectivity index (χ2n) is 4.51. The van der Waals surface area contributed by atoms with Crippen LogP contribution in [0.3, 0.4) is 0 Å². The molecule has 0 aliphatic heterocycles. The average molecular weight is 261 g/mol. The Morgan fingerprint density at radius 1 is 1.47 bits per heavy atom. The van der Waals surface area contributed by atoms with Gasteiger partial charge in [0, 0.05) is 24.6 Å². The van der Waals surface area contributed by atoms with Gasteiger partial charge in [0.25, 0.3) is 5.69 Å². The highest BCUT2D eigenvalue weighted by Crippen LogP contribution is 2.20. The van der Waals surface area contributed by atoms with Gasteiger partial charge >= 0.3 is 0 Å². The quantitative estimate of drug-likeness (QED) is 0.599. The first kappa shape index (κ1) is 13.3. The SMILES string of the molecule is N#CC(CCOc1ccc([N+](=O)[O-])cc1)NC1CC1. The van der Waals surface area contributed by atoms with Gasteiger partial charge < -0.3 is 4.74 Å². The summed E-state index contributed by atoms with van der Waals surface area (Å²) < 4.78 is 5.46. The highest BCUT2D eigenvalue weighted by molar-refractivity contribution is 5.35. The molecule has 100 valence electrons.